The van der Waals surface area contributed by atoms with Gasteiger partial charge in [0.1, 0.15) is 11.6 Å². The minimum absolute atomic E-state index is 0.258. The SMILES string of the molecule is C=CCC(SCC)(c1ccc(F)cc1)c1ccc(F)cc1. The molecule has 21 heavy (non-hydrogen) atoms. The lowest BCUT2D eigenvalue weighted by Crippen LogP contribution is -2.23. The highest BCUT2D eigenvalue weighted by Crippen LogP contribution is 2.46. The molecule has 0 atom stereocenters. The molecule has 0 aliphatic rings. The summed E-state index contributed by atoms with van der Waals surface area (Å²) >= 11 is 1.75. The smallest absolute Gasteiger partial charge is 0.123 e. The third-order valence-corrected chi connectivity index (χ3v) is 4.86. The van der Waals surface area contributed by atoms with Crippen LogP contribution < -0.4 is 0 Å². The highest BCUT2D eigenvalue weighted by atomic mass is 32.2. The molecular formula is C18H18F2S. The average molecular weight is 304 g/mol. The van der Waals surface area contributed by atoms with Gasteiger partial charge in [-0.25, -0.2) is 8.78 Å². The van der Waals surface area contributed by atoms with E-state index in [-0.39, 0.29) is 16.4 Å². The lowest BCUT2D eigenvalue weighted by atomic mass is 9.87. The van der Waals surface area contributed by atoms with Crippen LogP contribution in [0.1, 0.15) is 24.5 Å². The molecule has 0 unspecified atom stereocenters. The third-order valence-electron chi connectivity index (χ3n) is 3.44. The first-order valence-corrected chi connectivity index (χ1v) is 7.88. The number of hydrogen-bond donors (Lipinski definition) is 0. The molecular weight excluding hydrogens is 286 g/mol. The number of halogens is 2. The number of rotatable bonds is 6. The molecule has 3 heteroatoms. The zero-order valence-electron chi connectivity index (χ0n) is 12.0. The summed E-state index contributed by atoms with van der Waals surface area (Å²) in [6, 6.07) is 13.0. The quantitative estimate of drug-likeness (QED) is 0.632. The summed E-state index contributed by atoms with van der Waals surface area (Å²) in [6.45, 7) is 5.93. The van der Waals surface area contributed by atoms with Crippen LogP contribution in [0.15, 0.2) is 61.2 Å². The van der Waals surface area contributed by atoms with Crippen molar-refractivity contribution in [1.29, 1.82) is 0 Å². The van der Waals surface area contributed by atoms with Crippen LogP contribution in [0.4, 0.5) is 8.78 Å². The van der Waals surface area contributed by atoms with Gasteiger partial charge in [-0.05, 0) is 47.6 Å². The van der Waals surface area contributed by atoms with Crippen LogP contribution in [0.25, 0.3) is 0 Å². The van der Waals surface area contributed by atoms with Crippen molar-refractivity contribution in [2.24, 2.45) is 0 Å². The predicted octanol–water partition coefficient (Wildman–Crippen LogP) is 5.54. The average Bonchev–Trinajstić information content (AvgIpc) is 2.48. The van der Waals surface area contributed by atoms with Crippen molar-refractivity contribution in [3.05, 3.63) is 83.9 Å². The summed E-state index contributed by atoms with van der Waals surface area (Å²) in [7, 11) is 0. The van der Waals surface area contributed by atoms with Gasteiger partial charge in [0.2, 0.25) is 0 Å². The molecule has 0 bridgehead atoms. The molecule has 0 fully saturated rings. The first kappa shape index (κ1) is 15.8. The normalized spacial score (nSPS) is 11.4. The lowest BCUT2D eigenvalue weighted by Gasteiger charge is -2.33. The lowest BCUT2D eigenvalue weighted by molar-refractivity contribution is 0.622. The van der Waals surface area contributed by atoms with E-state index in [1.807, 2.05) is 6.08 Å². The van der Waals surface area contributed by atoms with E-state index in [9.17, 15) is 8.78 Å². The van der Waals surface area contributed by atoms with Crippen molar-refractivity contribution in [1.82, 2.24) is 0 Å². The van der Waals surface area contributed by atoms with Gasteiger partial charge in [0, 0.05) is 0 Å². The zero-order chi connectivity index (χ0) is 15.3. The Morgan fingerprint density at radius 2 is 1.38 bits per heavy atom. The fourth-order valence-corrected chi connectivity index (χ4v) is 3.85. The molecule has 2 aromatic rings. The molecule has 0 spiro atoms. The molecule has 0 aliphatic carbocycles. The molecule has 0 aromatic heterocycles. The fraction of sp³-hybridized carbons (Fsp3) is 0.222. The maximum absolute atomic E-state index is 13.2. The maximum atomic E-state index is 13.2. The summed E-state index contributed by atoms with van der Waals surface area (Å²) in [5.41, 5.74) is 2.00. The Labute approximate surface area is 128 Å². The second-order valence-electron chi connectivity index (χ2n) is 4.77. The topological polar surface area (TPSA) is 0 Å². The van der Waals surface area contributed by atoms with Crippen LogP contribution in [0, 0.1) is 11.6 Å². The van der Waals surface area contributed by atoms with E-state index in [2.05, 4.69) is 13.5 Å². The molecule has 0 aliphatic heterocycles. The third kappa shape index (κ3) is 3.35. The Morgan fingerprint density at radius 1 is 0.952 bits per heavy atom. The predicted molar refractivity (Wildman–Crippen MR) is 86.5 cm³/mol. The molecule has 0 radical (unpaired) electrons. The van der Waals surface area contributed by atoms with Gasteiger partial charge in [-0.3, -0.25) is 0 Å². The van der Waals surface area contributed by atoms with Crippen LogP contribution in [-0.4, -0.2) is 5.75 Å². The molecule has 0 N–H and O–H groups in total. The van der Waals surface area contributed by atoms with E-state index in [1.165, 1.54) is 24.3 Å². The fourth-order valence-electron chi connectivity index (χ4n) is 2.52. The molecule has 2 rings (SSSR count). The minimum Gasteiger partial charge on any atom is -0.207 e. The second-order valence-corrected chi connectivity index (χ2v) is 6.33. The van der Waals surface area contributed by atoms with Crippen LogP contribution in [0.3, 0.4) is 0 Å². The van der Waals surface area contributed by atoms with Gasteiger partial charge in [0.05, 0.1) is 4.75 Å². The monoisotopic (exact) mass is 304 g/mol. The van der Waals surface area contributed by atoms with Crippen molar-refractivity contribution in [2.75, 3.05) is 5.75 Å². The molecule has 0 heterocycles. The highest BCUT2D eigenvalue weighted by Gasteiger charge is 2.33. The van der Waals surface area contributed by atoms with Crippen molar-refractivity contribution < 1.29 is 8.78 Å². The summed E-state index contributed by atoms with van der Waals surface area (Å²) in [5, 5.41) is 0. The van der Waals surface area contributed by atoms with Gasteiger partial charge in [0.25, 0.3) is 0 Å². The highest BCUT2D eigenvalue weighted by molar-refractivity contribution is 8.00. The van der Waals surface area contributed by atoms with Gasteiger partial charge < -0.3 is 0 Å². The number of thioether (sulfide) groups is 1. The minimum atomic E-state index is -0.363. The van der Waals surface area contributed by atoms with Crippen molar-refractivity contribution in [3.63, 3.8) is 0 Å². The van der Waals surface area contributed by atoms with Crippen molar-refractivity contribution in [3.8, 4) is 0 Å². The Kier molecular flexibility index (Phi) is 5.18. The van der Waals surface area contributed by atoms with Crippen LogP contribution in [-0.2, 0) is 4.75 Å². The second kappa shape index (κ2) is 6.90. The number of allylic oxidation sites excluding steroid dienone is 1. The Balaban J connectivity index is 2.58. The first-order chi connectivity index (χ1) is 10.1. The molecule has 110 valence electrons. The van der Waals surface area contributed by atoms with E-state index in [4.69, 9.17) is 0 Å². The summed E-state index contributed by atoms with van der Waals surface area (Å²) in [5.74, 6) is 0.376. The van der Waals surface area contributed by atoms with Crippen molar-refractivity contribution >= 4 is 11.8 Å². The number of benzene rings is 2. The van der Waals surface area contributed by atoms with E-state index in [0.29, 0.717) is 6.42 Å². The maximum Gasteiger partial charge on any atom is 0.123 e. The molecule has 0 saturated heterocycles. The Bertz CT molecular complexity index is 542. The Morgan fingerprint density at radius 3 is 1.71 bits per heavy atom. The van der Waals surface area contributed by atoms with E-state index < -0.39 is 0 Å². The summed E-state index contributed by atoms with van der Waals surface area (Å²) < 4.78 is 26.1. The standard InChI is InChI=1S/C18H18F2S/c1-3-13-18(21-4-2,14-5-9-16(19)10-6-14)15-7-11-17(20)12-8-15/h3,5-12H,1,4,13H2,2H3. The van der Waals surface area contributed by atoms with Gasteiger partial charge in [-0.2, -0.15) is 0 Å². The molecule has 0 nitrogen and oxygen atoms in total. The van der Waals surface area contributed by atoms with Crippen LogP contribution in [0.2, 0.25) is 0 Å². The van der Waals surface area contributed by atoms with Gasteiger partial charge in [-0.15, -0.1) is 18.3 Å². The number of hydrogen-bond acceptors (Lipinski definition) is 1. The van der Waals surface area contributed by atoms with Gasteiger partial charge >= 0.3 is 0 Å². The first-order valence-electron chi connectivity index (χ1n) is 6.89. The molecule has 2 aromatic carbocycles. The van der Waals surface area contributed by atoms with E-state index in [0.717, 1.165) is 16.9 Å². The van der Waals surface area contributed by atoms with Crippen LogP contribution in [0.5, 0.6) is 0 Å². The van der Waals surface area contributed by atoms with Gasteiger partial charge in [0.15, 0.2) is 0 Å². The molecule has 0 amide bonds. The van der Waals surface area contributed by atoms with E-state index in [1.54, 1.807) is 36.0 Å². The summed E-state index contributed by atoms with van der Waals surface area (Å²) in [6.07, 6.45) is 2.55. The van der Waals surface area contributed by atoms with E-state index >= 15 is 0 Å². The summed E-state index contributed by atoms with van der Waals surface area (Å²) in [4.78, 5) is 0. The van der Waals surface area contributed by atoms with Crippen LogP contribution >= 0.6 is 11.8 Å². The largest absolute Gasteiger partial charge is 0.207 e. The molecule has 0 saturated carbocycles. The van der Waals surface area contributed by atoms with Gasteiger partial charge in [-0.1, -0.05) is 37.3 Å². The zero-order valence-corrected chi connectivity index (χ0v) is 12.8. The Hall–Kier alpha value is -1.61. The van der Waals surface area contributed by atoms with Crippen molar-refractivity contribution in [2.45, 2.75) is 18.1 Å².